The van der Waals surface area contributed by atoms with Crippen LogP contribution in [0.4, 0.5) is 5.69 Å². The van der Waals surface area contributed by atoms with Crippen molar-refractivity contribution in [2.75, 3.05) is 11.9 Å². The molecule has 2 aromatic carbocycles. The molecule has 0 aliphatic carbocycles. The van der Waals surface area contributed by atoms with Gasteiger partial charge in [0.2, 0.25) is 11.6 Å². The Bertz CT molecular complexity index is 955. The van der Waals surface area contributed by atoms with Crippen LogP contribution in [0.1, 0.15) is 34.3 Å². The van der Waals surface area contributed by atoms with Crippen molar-refractivity contribution in [2.24, 2.45) is 0 Å². The highest BCUT2D eigenvalue weighted by Crippen LogP contribution is 2.44. The van der Waals surface area contributed by atoms with E-state index in [1.807, 2.05) is 31.2 Å². The van der Waals surface area contributed by atoms with Crippen molar-refractivity contribution in [1.82, 2.24) is 4.90 Å². The molecule has 27 heavy (non-hydrogen) atoms. The molecule has 6 heteroatoms. The Morgan fingerprint density at radius 3 is 2.70 bits per heavy atom. The standard InChI is InChI=1S/C21H20N2O4/c1-14-6-5-7-15(12-14)13-27-20(26)21-11-10-18(24)23(21)17-9-4-3-8-16(17)19(25)22(21)2/h3-9,12H,10-11,13H2,1-2H3/t21-/m0/s1. The molecule has 2 aromatic rings. The molecule has 1 atom stereocenters. The first-order valence-corrected chi connectivity index (χ1v) is 8.88. The summed E-state index contributed by atoms with van der Waals surface area (Å²) in [4.78, 5) is 41.4. The molecule has 0 unspecified atom stereocenters. The number of likely N-dealkylation sites (N-methyl/N-ethyl adjacent to an activating group) is 1. The number of esters is 1. The van der Waals surface area contributed by atoms with Gasteiger partial charge in [-0.25, -0.2) is 4.79 Å². The number of carbonyl (C=O) groups is 3. The summed E-state index contributed by atoms with van der Waals surface area (Å²) < 4.78 is 5.58. The van der Waals surface area contributed by atoms with E-state index in [2.05, 4.69) is 0 Å². The number of ether oxygens (including phenoxy) is 1. The Hall–Kier alpha value is -3.15. The minimum atomic E-state index is -1.42. The maximum absolute atomic E-state index is 13.2. The molecule has 0 N–H and O–H groups in total. The van der Waals surface area contributed by atoms with E-state index in [9.17, 15) is 14.4 Å². The molecule has 1 saturated heterocycles. The van der Waals surface area contributed by atoms with Gasteiger partial charge in [-0.2, -0.15) is 0 Å². The first-order valence-electron chi connectivity index (χ1n) is 8.88. The Morgan fingerprint density at radius 1 is 1.15 bits per heavy atom. The molecule has 0 bridgehead atoms. The Kier molecular flexibility index (Phi) is 3.98. The van der Waals surface area contributed by atoms with Crippen molar-refractivity contribution >= 4 is 23.5 Å². The fourth-order valence-corrected chi connectivity index (χ4v) is 3.96. The van der Waals surface area contributed by atoms with Crippen LogP contribution >= 0.6 is 0 Å². The highest BCUT2D eigenvalue weighted by atomic mass is 16.5. The molecule has 4 rings (SSSR count). The summed E-state index contributed by atoms with van der Waals surface area (Å²) in [5.41, 5.74) is 1.39. The topological polar surface area (TPSA) is 66.9 Å². The lowest BCUT2D eigenvalue weighted by Crippen LogP contribution is -2.67. The fraction of sp³-hybridized carbons (Fsp3) is 0.286. The highest BCUT2D eigenvalue weighted by molar-refractivity contribution is 6.15. The number of benzene rings is 2. The quantitative estimate of drug-likeness (QED) is 0.786. The molecule has 0 saturated carbocycles. The van der Waals surface area contributed by atoms with E-state index in [0.29, 0.717) is 11.3 Å². The van der Waals surface area contributed by atoms with E-state index in [-0.39, 0.29) is 31.3 Å². The van der Waals surface area contributed by atoms with Gasteiger partial charge >= 0.3 is 5.97 Å². The van der Waals surface area contributed by atoms with Gasteiger partial charge in [0, 0.05) is 19.9 Å². The van der Waals surface area contributed by atoms with Crippen molar-refractivity contribution in [3.8, 4) is 0 Å². The average molecular weight is 364 g/mol. The van der Waals surface area contributed by atoms with E-state index >= 15 is 0 Å². The van der Waals surface area contributed by atoms with Crippen molar-refractivity contribution in [1.29, 1.82) is 0 Å². The molecular formula is C21H20N2O4. The zero-order valence-electron chi connectivity index (χ0n) is 15.3. The van der Waals surface area contributed by atoms with Crippen LogP contribution < -0.4 is 4.90 Å². The third-order valence-corrected chi connectivity index (χ3v) is 5.32. The van der Waals surface area contributed by atoms with Crippen LogP contribution in [0.25, 0.3) is 0 Å². The zero-order valence-corrected chi connectivity index (χ0v) is 15.3. The summed E-state index contributed by atoms with van der Waals surface area (Å²) in [7, 11) is 1.55. The normalized spacial score (nSPS) is 21.1. The van der Waals surface area contributed by atoms with E-state index in [0.717, 1.165) is 11.1 Å². The second-order valence-electron chi connectivity index (χ2n) is 6.99. The Balaban J connectivity index is 1.70. The molecule has 0 radical (unpaired) electrons. The lowest BCUT2D eigenvalue weighted by molar-refractivity contribution is -0.157. The minimum Gasteiger partial charge on any atom is -0.458 e. The van der Waals surface area contributed by atoms with E-state index in [4.69, 9.17) is 4.74 Å². The lowest BCUT2D eigenvalue weighted by atomic mass is 9.97. The van der Waals surface area contributed by atoms with Crippen molar-refractivity contribution in [2.45, 2.75) is 32.0 Å². The summed E-state index contributed by atoms with van der Waals surface area (Å²) in [5.74, 6) is -1.06. The molecular weight excluding hydrogens is 344 g/mol. The van der Waals surface area contributed by atoms with Gasteiger partial charge in [0.05, 0.1) is 11.3 Å². The van der Waals surface area contributed by atoms with Crippen LogP contribution in [0, 0.1) is 6.92 Å². The number of nitrogens with zero attached hydrogens (tertiary/aromatic N) is 2. The minimum absolute atomic E-state index is 0.0912. The van der Waals surface area contributed by atoms with Crippen LogP contribution in [0.5, 0.6) is 0 Å². The number of para-hydroxylation sites is 1. The molecule has 2 heterocycles. The molecule has 6 nitrogen and oxygen atoms in total. The SMILES string of the molecule is Cc1cccc(COC(=O)[C@]23CCC(=O)N2c2ccccc2C(=O)N3C)c1. The summed E-state index contributed by atoms with van der Waals surface area (Å²) in [6, 6.07) is 14.5. The van der Waals surface area contributed by atoms with Gasteiger partial charge in [-0.15, -0.1) is 0 Å². The van der Waals surface area contributed by atoms with Gasteiger partial charge in [-0.3, -0.25) is 14.5 Å². The second-order valence-corrected chi connectivity index (χ2v) is 6.99. The highest BCUT2D eigenvalue weighted by Gasteiger charge is 2.60. The number of hydrogen-bond donors (Lipinski definition) is 0. The van der Waals surface area contributed by atoms with E-state index < -0.39 is 11.6 Å². The Morgan fingerprint density at radius 2 is 1.93 bits per heavy atom. The summed E-state index contributed by atoms with van der Waals surface area (Å²) in [5, 5.41) is 0. The molecule has 2 amide bonds. The number of fused-ring (bicyclic) bond motifs is 3. The third kappa shape index (κ3) is 2.51. The van der Waals surface area contributed by atoms with Gasteiger partial charge in [-0.05, 0) is 24.6 Å². The average Bonchev–Trinajstić information content (AvgIpc) is 3.03. The molecule has 1 fully saturated rings. The third-order valence-electron chi connectivity index (χ3n) is 5.32. The maximum atomic E-state index is 13.2. The molecule has 0 aromatic heterocycles. The number of carbonyl (C=O) groups excluding carboxylic acids is 3. The number of hydrogen-bond acceptors (Lipinski definition) is 4. The first-order chi connectivity index (χ1) is 12.9. The summed E-state index contributed by atoms with van der Waals surface area (Å²) in [6.07, 6.45) is 0.403. The largest absolute Gasteiger partial charge is 0.458 e. The lowest BCUT2D eigenvalue weighted by Gasteiger charge is -2.46. The van der Waals surface area contributed by atoms with Crippen LogP contribution in [0.2, 0.25) is 0 Å². The van der Waals surface area contributed by atoms with Crippen molar-refractivity contribution in [3.05, 3.63) is 65.2 Å². The summed E-state index contributed by atoms with van der Waals surface area (Å²) in [6.45, 7) is 2.06. The predicted octanol–water partition coefficient (Wildman–Crippen LogP) is 2.65. The molecule has 138 valence electrons. The Labute approximate surface area is 157 Å². The maximum Gasteiger partial charge on any atom is 0.354 e. The van der Waals surface area contributed by atoms with Gasteiger partial charge in [-0.1, -0.05) is 42.0 Å². The van der Waals surface area contributed by atoms with Crippen LogP contribution in [0.15, 0.2) is 48.5 Å². The zero-order chi connectivity index (χ0) is 19.2. The van der Waals surface area contributed by atoms with E-state index in [1.165, 1.54) is 9.80 Å². The molecule has 2 aliphatic rings. The number of rotatable bonds is 3. The van der Waals surface area contributed by atoms with Crippen LogP contribution in [-0.4, -0.2) is 35.4 Å². The van der Waals surface area contributed by atoms with Gasteiger partial charge in [0.25, 0.3) is 5.91 Å². The number of amides is 2. The first kappa shape index (κ1) is 17.3. The monoisotopic (exact) mass is 364 g/mol. The van der Waals surface area contributed by atoms with Gasteiger partial charge in [0.15, 0.2) is 0 Å². The van der Waals surface area contributed by atoms with Crippen LogP contribution in [0.3, 0.4) is 0 Å². The molecule has 0 spiro atoms. The fourth-order valence-electron chi connectivity index (χ4n) is 3.96. The van der Waals surface area contributed by atoms with Crippen LogP contribution in [-0.2, 0) is 20.9 Å². The predicted molar refractivity (Wildman–Crippen MR) is 99.0 cm³/mol. The number of aryl methyl sites for hydroxylation is 1. The second kappa shape index (κ2) is 6.23. The number of anilines is 1. The van der Waals surface area contributed by atoms with Crippen molar-refractivity contribution < 1.29 is 19.1 Å². The smallest absolute Gasteiger partial charge is 0.354 e. The molecule has 2 aliphatic heterocycles. The van der Waals surface area contributed by atoms with E-state index in [1.54, 1.807) is 31.3 Å². The van der Waals surface area contributed by atoms with Crippen molar-refractivity contribution in [3.63, 3.8) is 0 Å². The van der Waals surface area contributed by atoms with Gasteiger partial charge < -0.3 is 9.64 Å². The van der Waals surface area contributed by atoms with Gasteiger partial charge in [0.1, 0.15) is 6.61 Å². The summed E-state index contributed by atoms with van der Waals surface area (Å²) >= 11 is 0.